The molecule has 0 saturated heterocycles. The molecule has 8 aromatic rings. The third kappa shape index (κ3) is 6.21. The lowest BCUT2D eigenvalue weighted by Gasteiger charge is -2.21. The van der Waals surface area contributed by atoms with Gasteiger partial charge in [0.25, 0.3) is 6.33 Å². The van der Waals surface area contributed by atoms with E-state index in [0.29, 0.717) is 0 Å². The predicted molar refractivity (Wildman–Crippen MR) is 208 cm³/mol. The van der Waals surface area contributed by atoms with Crippen LogP contribution < -0.4 is 9.30 Å². The first-order valence-corrected chi connectivity index (χ1v) is 17.5. The van der Waals surface area contributed by atoms with E-state index in [1.807, 2.05) is 24.4 Å². The molecule has 5 aromatic carbocycles. The third-order valence-corrected chi connectivity index (χ3v) is 9.52. The summed E-state index contributed by atoms with van der Waals surface area (Å²) in [5.41, 5.74) is 8.86. The summed E-state index contributed by atoms with van der Waals surface area (Å²) in [6, 6.07) is 46.5. The molecule has 0 bridgehead atoms. The van der Waals surface area contributed by atoms with Gasteiger partial charge in [-0.05, 0) is 88.2 Å². The van der Waals surface area contributed by atoms with E-state index >= 15 is 0 Å². The Kier molecular flexibility index (Phi) is 7.87. The summed E-state index contributed by atoms with van der Waals surface area (Å²) in [7, 11) is 0. The fourth-order valence-corrected chi connectivity index (χ4v) is 6.76. The SMILES string of the molecule is CC(C)(C)c1ccnc(-n2c3ccccc3c3ccc(Oc4cccc(-n5[c-][n+](-c6ccc(-c7ccccc7)cc6)cc5C(C)(C)C)c4)cc32)c1. The van der Waals surface area contributed by atoms with E-state index in [-0.39, 0.29) is 10.8 Å². The van der Waals surface area contributed by atoms with Gasteiger partial charge in [-0.1, -0.05) is 108 Å². The summed E-state index contributed by atoms with van der Waals surface area (Å²) in [6.45, 7) is 13.4. The minimum Gasteiger partial charge on any atom is -0.458 e. The van der Waals surface area contributed by atoms with Crippen molar-refractivity contribution >= 4 is 21.8 Å². The number of para-hydroxylation sites is 1. The van der Waals surface area contributed by atoms with E-state index in [1.165, 1.54) is 22.1 Å². The van der Waals surface area contributed by atoms with Gasteiger partial charge < -0.3 is 4.74 Å². The van der Waals surface area contributed by atoms with Crippen molar-refractivity contribution in [3.05, 3.63) is 163 Å². The van der Waals surface area contributed by atoms with Crippen LogP contribution in [0, 0.1) is 6.33 Å². The number of rotatable bonds is 6. The van der Waals surface area contributed by atoms with Crippen LogP contribution in [-0.2, 0) is 10.8 Å². The largest absolute Gasteiger partial charge is 0.458 e. The van der Waals surface area contributed by atoms with Gasteiger partial charge in [-0.25, -0.2) is 4.98 Å². The lowest BCUT2D eigenvalue weighted by Crippen LogP contribution is -2.28. The minimum atomic E-state index is -0.126. The van der Waals surface area contributed by atoms with E-state index in [0.717, 1.165) is 50.8 Å². The Morgan fingerprint density at radius 2 is 1.31 bits per heavy atom. The summed E-state index contributed by atoms with van der Waals surface area (Å²) >= 11 is 0. The second-order valence-electron chi connectivity index (χ2n) is 15.3. The van der Waals surface area contributed by atoms with Crippen molar-refractivity contribution < 1.29 is 9.30 Å². The Hall–Kier alpha value is -5.94. The average Bonchev–Trinajstić information content (AvgIpc) is 3.73. The van der Waals surface area contributed by atoms with Gasteiger partial charge in [0, 0.05) is 29.2 Å². The maximum absolute atomic E-state index is 6.62. The smallest absolute Gasteiger partial charge is 0.269 e. The second kappa shape index (κ2) is 12.4. The summed E-state index contributed by atoms with van der Waals surface area (Å²) in [5.74, 6) is 2.41. The fourth-order valence-electron chi connectivity index (χ4n) is 6.76. The van der Waals surface area contributed by atoms with Gasteiger partial charge in [-0.3, -0.25) is 13.7 Å². The molecule has 0 aliphatic rings. The molecule has 0 amide bonds. The number of nitrogens with zero attached hydrogens (tertiary/aromatic N) is 4. The van der Waals surface area contributed by atoms with Crippen molar-refractivity contribution in [2.24, 2.45) is 0 Å². The lowest BCUT2D eigenvalue weighted by molar-refractivity contribution is -0.599. The molecule has 0 spiro atoms. The molecular formula is C46H42N4O. The van der Waals surface area contributed by atoms with Crippen molar-refractivity contribution in [1.82, 2.24) is 14.1 Å². The number of fused-ring (bicyclic) bond motifs is 3. The summed E-state index contributed by atoms with van der Waals surface area (Å²) in [4.78, 5) is 4.84. The Bertz CT molecular complexity index is 2510. The van der Waals surface area contributed by atoms with E-state index < -0.39 is 0 Å². The van der Waals surface area contributed by atoms with Crippen LogP contribution in [0.1, 0.15) is 52.8 Å². The summed E-state index contributed by atoms with van der Waals surface area (Å²) in [6.07, 6.45) is 7.71. The zero-order chi connectivity index (χ0) is 35.3. The van der Waals surface area contributed by atoms with Gasteiger partial charge in [0.1, 0.15) is 17.3 Å². The number of hydrogen-bond donors (Lipinski definition) is 0. The molecule has 5 nitrogen and oxygen atoms in total. The molecule has 0 N–H and O–H groups in total. The molecule has 3 heterocycles. The number of hydrogen-bond acceptors (Lipinski definition) is 2. The van der Waals surface area contributed by atoms with Crippen molar-refractivity contribution in [2.75, 3.05) is 0 Å². The molecule has 8 rings (SSSR count). The Morgan fingerprint density at radius 3 is 2.08 bits per heavy atom. The maximum atomic E-state index is 6.62. The highest BCUT2D eigenvalue weighted by Crippen LogP contribution is 2.36. The van der Waals surface area contributed by atoms with Crippen LogP contribution >= 0.6 is 0 Å². The van der Waals surface area contributed by atoms with Gasteiger partial charge in [0.05, 0.1) is 28.1 Å². The van der Waals surface area contributed by atoms with Gasteiger partial charge >= 0.3 is 0 Å². The van der Waals surface area contributed by atoms with E-state index in [9.17, 15) is 0 Å². The first-order valence-electron chi connectivity index (χ1n) is 17.5. The van der Waals surface area contributed by atoms with Gasteiger partial charge in [0.2, 0.25) is 0 Å². The molecule has 0 atom stereocenters. The fraction of sp³-hybridized carbons (Fsp3) is 0.174. The molecular weight excluding hydrogens is 625 g/mol. The quantitative estimate of drug-likeness (QED) is 0.131. The molecule has 3 aromatic heterocycles. The first kappa shape index (κ1) is 32.3. The van der Waals surface area contributed by atoms with Gasteiger partial charge in [0.15, 0.2) is 0 Å². The minimum absolute atomic E-state index is 0.00596. The first-order chi connectivity index (χ1) is 24.5. The highest BCUT2D eigenvalue weighted by molar-refractivity contribution is 6.09. The van der Waals surface area contributed by atoms with Crippen molar-refractivity contribution in [1.29, 1.82) is 0 Å². The van der Waals surface area contributed by atoms with Crippen molar-refractivity contribution in [3.63, 3.8) is 0 Å². The molecule has 0 unspecified atom stereocenters. The number of ether oxygens (including phenoxy) is 1. The monoisotopic (exact) mass is 666 g/mol. The molecule has 0 aliphatic carbocycles. The highest BCUT2D eigenvalue weighted by Gasteiger charge is 2.23. The number of aromatic nitrogens is 4. The van der Waals surface area contributed by atoms with Gasteiger partial charge in [-0.15, -0.1) is 0 Å². The van der Waals surface area contributed by atoms with Crippen LogP contribution in [-0.4, -0.2) is 14.1 Å². The standard InChI is InChI=1S/C46H42N4O/c1-45(2,3)34-25-26-47-44(27-34)50-41-18-11-10-17-39(41)40-24-23-38(29-42(40)50)51-37-16-12-15-36(28-37)49-31-48(30-43(49)46(4,5)6)35-21-19-33(20-22-35)32-13-8-7-9-14-32/h7-30H,1-6H3. The zero-order valence-corrected chi connectivity index (χ0v) is 30.1. The number of imidazole rings is 1. The maximum Gasteiger partial charge on any atom is 0.269 e. The van der Waals surface area contributed by atoms with Crippen molar-refractivity contribution in [2.45, 2.75) is 52.4 Å². The van der Waals surface area contributed by atoms with E-state index in [1.54, 1.807) is 0 Å². The summed E-state index contributed by atoms with van der Waals surface area (Å²) in [5, 5.41) is 2.35. The van der Waals surface area contributed by atoms with Crippen LogP contribution in [0.3, 0.4) is 0 Å². The average molecular weight is 667 g/mol. The van der Waals surface area contributed by atoms with E-state index in [4.69, 9.17) is 9.72 Å². The Labute approximate surface area is 300 Å². The zero-order valence-electron chi connectivity index (χ0n) is 30.1. The molecule has 51 heavy (non-hydrogen) atoms. The van der Waals surface area contributed by atoms with Crippen LogP contribution in [0.4, 0.5) is 0 Å². The van der Waals surface area contributed by atoms with Crippen LogP contribution in [0.25, 0.3) is 50.1 Å². The van der Waals surface area contributed by atoms with E-state index in [2.05, 4.69) is 183 Å². The molecule has 0 radical (unpaired) electrons. The van der Waals surface area contributed by atoms with Crippen LogP contribution in [0.2, 0.25) is 0 Å². The normalized spacial score (nSPS) is 12.1. The Morgan fingerprint density at radius 1 is 0.608 bits per heavy atom. The number of pyridine rings is 1. The molecule has 0 aliphatic heterocycles. The second-order valence-corrected chi connectivity index (χ2v) is 15.3. The molecule has 0 fully saturated rings. The lowest BCUT2D eigenvalue weighted by atomic mass is 9.88. The molecule has 5 heteroatoms. The topological polar surface area (TPSA) is 35.9 Å². The van der Waals surface area contributed by atoms with Crippen molar-refractivity contribution in [3.8, 4) is 39.8 Å². The Balaban J connectivity index is 1.15. The molecule has 252 valence electrons. The predicted octanol–water partition coefficient (Wildman–Crippen LogP) is 11.1. The van der Waals surface area contributed by atoms with Gasteiger partial charge in [-0.2, -0.15) is 0 Å². The van der Waals surface area contributed by atoms with Crippen LogP contribution in [0.15, 0.2) is 146 Å². The third-order valence-electron chi connectivity index (χ3n) is 9.52. The number of benzene rings is 5. The summed E-state index contributed by atoms with van der Waals surface area (Å²) < 4.78 is 13.1. The molecule has 0 saturated carbocycles. The van der Waals surface area contributed by atoms with Crippen LogP contribution in [0.5, 0.6) is 11.5 Å². The highest BCUT2D eigenvalue weighted by atomic mass is 16.5.